The van der Waals surface area contributed by atoms with Gasteiger partial charge in [0.2, 0.25) is 0 Å². The number of aldehydes is 1. The molecule has 0 heterocycles. The van der Waals surface area contributed by atoms with Gasteiger partial charge < -0.3 is 0 Å². The van der Waals surface area contributed by atoms with Gasteiger partial charge in [-0.05, 0) is 12.5 Å². The second kappa shape index (κ2) is 3.67. The highest BCUT2D eigenvalue weighted by Gasteiger charge is 2.10. The first-order chi connectivity index (χ1) is 4.87. The average Bonchev–Trinajstić information content (AvgIpc) is 1.80. The minimum absolute atomic E-state index is 0.768. The van der Waals surface area contributed by atoms with E-state index < -0.39 is 8.07 Å². The number of hydrogen-bond donors (Lipinski definition) is 0. The molecule has 0 aliphatic rings. The summed E-state index contributed by atoms with van der Waals surface area (Å²) in [4.78, 5) is 10.5. The molecular formula is C9H16OSi. The van der Waals surface area contributed by atoms with Crippen LogP contribution in [0, 0.1) is 0 Å². The maximum Gasteiger partial charge on any atom is 0.149 e. The van der Waals surface area contributed by atoms with E-state index >= 15 is 0 Å². The van der Waals surface area contributed by atoms with Crippen molar-refractivity contribution in [2.24, 2.45) is 0 Å². The van der Waals surface area contributed by atoms with Crippen LogP contribution in [0.15, 0.2) is 23.4 Å². The average molecular weight is 168 g/mol. The summed E-state index contributed by atoms with van der Waals surface area (Å²) in [6.45, 7) is 12.2. The molecule has 11 heavy (non-hydrogen) atoms. The molecule has 0 aromatic carbocycles. The van der Waals surface area contributed by atoms with Gasteiger partial charge in [-0.3, -0.25) is 4.79 Å². The van der Waals surface area contributed by atoms with Crippen molar-refractivity contribution < 1.29 is 4.79 Å². The summed E-state index contributed by atoms with van der Waals surface area (Å²) < 4.78 is 0. The molecule has 2 heteroatoms. The van der Waals surface area contributed by atoms with Gasteiger partial charge in [0.15, 0.2) is 0 Å². The summed E-state index contributed by atoms with van der Waals surface area (Å²) in [6, 6.07) is 0. The summed E-state index contributed by atoms with van der Waals surface area (Å²) in [5.74, 6) is 0. The third-order valence-electron chi connectivity index (χ3n) is 1.21. The van der Waals surface area contributed by atoms with Gasteiger partial charge in [0.05, 0.1) is 8.07 Å². The van der Waals surface area contributed by atoms with Crippen molar-refractivity contribution in [1.29, 1.82) is 0 Å². The summed E-state index contributed by atoms with van der Waals surface area (Å²) in [5, 5.41) is 0. The Kier molecular flexibility index (Phi) is 3.46. The zero-order chi connectivity index (χ0) is 9.07. The summed E-state index contributed by atoms with van der Waals surface area (Å²) >= 11 is 0. The van der Waals surface area contributed by atoms with Crippen LogP contribution in [0.1, 0.15) is 6.92 Å². The van der Waals surface area contributed by atoms with Gasteiger partial charge in [-0.25, -0.2) is 0 Å². The van der Waals surface area contributed by atoms with E-state index in [9.17, 15) is 4.79 Å². The van der Waals surface area contributed by atoms with Crippen molar-refractivity contribution in [3.05, 3.63) is 23.4 Å². The molecular weight excluding hydrogens is 152 g/mol. The van der Waals surface area contributed by atoms with Gasteiger partial charge in [-0.15, -0.1) is 0 Å². The first kappa shape index (κ1) is 10.4. The minimum Gasteiger partial charge on any atom is -0.298 e. The predicted octanol–water partition coefficient (Wildman–Crippen LogP) is 2.57. The van der Waals surface area contributed by atoms with E-state index in [2.05, 4.69) is 31.9 Å². The van der Waals surface area contributed by atoms with E-state index in [0.29, 0.717) is 0 Å². The highest BCUT2D eigenvalue weighted by Crippen LogP contribution is 2.10. The number of rotatable bonds is 3. The lowest BCUT2D eigenvalue weighted by Crippen LogP contribution is -2.17. The molecule has 0 atom stereocenters. The SMILES string of the molecule is C=C(C)/C(C=O)=C\[Si](C)(C)C. The van der Waals surface area contributed by atoms with E-state index in [1.54, 1.807) is 0 Å². The second-order valence-electron chi connectivity index (χ2n) is 3.86. The minimum atomic E-state index is -1.26. The van der Waals surface area contributed by atoms with Crippen molar-refractivity contribution in [1.82, 2.24) is 0 Å². The Morgan fingerprint density at radius 3 is 1.91 bits per heavy atom. The van der Waals surface area contributed by atoms with Crippen LogP contribution in [0.4, 0.5) is 0 Å². The molecule has 0 amide bonds. The van der Waals surface area contributed by atoms with Gasteiger partial charge in [0.1, 0.15) is 6.29 Å². The van der Waals surface area contributed by atoms with Crippen molar-refractivity contribution in [3.63, 3.8) is 0 Å². The molecule has 0 aliphatic carbocycles. The maximum absolute atomic E-state index is 10.5. The van der Waals surface area contributed by atoms with Crippen molar-refractivity contribution >= 4 is 14.4 Å². The topological polar surface area (TPSA) is 17.1 Å². The highest BCUT2D eigenvalue weighted by atomic mass is 28.3. The van der Waals surface area contributed by atoms with Gasteiger partial charge >= 0.3 is 0 Å². The fraction of sp³-hybridized carbons (Fsp3) is 0.444. The van der Waals surface area contributed by atoms with Crippen LogP contribution in [-0.4, -0.2) is 14.4 Å². The Labute approximate surface area is 69.8 Å². The molecule has 0 unspecified atom stereocenters. The first-order valence-electron chi connectivity index (χ1n) is 3.71. The van der Waals surface area contributed by atoms with Crippen LogP contribution in [-0.2, 0) is 4.79 Å². The molecule has 0 aliphatic heterocycles. The van der Waals surface area contributed by atoms with Crippen LogP contribution < -0.4 is 0 Å². The Morgan fingerprint density at radius 1 is 1.36 bits per heavy atom. The Balaban J connectivity index is 4.63. The van der Waals surface area contributed by atoms with Crippen LogP contribution in [0.5, 0.6) is 0 Å². The highest BCUT2D eigenvalue weighted by molar-refractivity contribution is 6.81. The lowest BCUT2D eigenvalue weighted by atomic mass is 10.2. The third-order valence-corrected chi connectivity index (χ3v) is 2.39. The van der Waals surface area contributed by atoms with Crippen LogP contribution in [0.25, 0.3) is 0 Å². The molecule has 0 spiro atoms. The van der Waals surface area contributed by atoms with Gasteiger partial charge in [-0.1, -0.05) is 31.9 Å². The molecule has 0 aromatic heterocycles. The number of carbonyl (C=O) groups excluding carboxylic acids is 1. The molecule has 62 valence electrons. The fourth-order valence-corrected chi connectivity index (χ4v) is 1.97. The summed E-state index contributed by atoms with van der Waals surface area (Å²) in [6.07, 6.45) is 0.889. The lowest BCUT2D eigenvalue weighted by molar-refractivity contribution is -0.104. The van der Waals surface area contributed by atoms with Crippen molar-refractivity contribution in [2.45, 2.75) is 26.6 Å². The summed E-state index contributed by atoms with van der Waals surface area (Å²) in [5.41, 5.74) is 3.70. The second-order valence-corrected chi connectivity index (χ2v) is 8.88. The van der Waals surface area contributed by atoms with E-state index in [0.717, 1.165) is 17.4 Å². The van der Waals surface area contributed by atoms with Gasteiger partial charge in [0.25, 0.3) is 0 Å². The maximum atomic E-state index is 10.5. The van der Waals surface area contributed by atoms with Crippen molar-refractivity contribution in [3.8, 4) is 0 Å². The number of hydrogen-bond acceptors (Lipinski definition) is 1. The van der Waals surface area contributed by atoms with Gasteiger partial charge in [-0.2, -0.15) is 0 Å². The zero-order valence-electron chi connectivity index (χ0n) is 7.77. The van der Waals surface area contributed by atoms with Crippen LogP contribution in [0.2, 0.25) is 19.6 Å². The molecule has 0 radical (unpaired) electrons. The van der Waals surface area contributed by atoms with Gasteiger partial charge in [0, 0.05) is 5.57 Å². The van der Waals surface area contributed by atoms with E-state index in [1.165, 1.54) is 0 Å². The molecule has 1 nitrogen and oxygen atoms in total. The smallest absolute Gasteiger partial charge is 0.149 e. The Bertz CT molecular complexity index is 196. The molecule has 0 saturated heterocycles. The van der Waals surface area contributed by atoms with E-state index in [1.807, 2.05) is 6.92 Å². The number of carbonyl (C=O) groups is 1. The van der Waals surface area contributed by atoms with E-state index in [4.69, 9.17) is 0 Å². The quantitative estimate of drug-likeness (QED) is 0.274. The van der Waals surface area contributed by atoms with Crippen molar-refractivity contribution in [2.75, 3.05) is 0 Å². The Hall–Kier alpha value is -0.633. The molecule has 0 saturated carbocycles. The van der Waals surface area contributed by atoms with E-state index in [-0.39, 0.29) is 0 Å². The Morgan fingerprint density at radius 2 is 1.82 bits per heavy atom. The zero-order valence-corrected chi connectivity index (χ0v) is 8.77. The van der Waals surface area contributed by atoms with Crippen LogP contribution in [0.3, 0.4) is 0 Å². The summed E-state index contributed by atoms with van der Waals surface area (Å²) in [7, 11) is -1.26. The largest absolute Gasteiger partial charge is 0.298 e. The first-order valence-corrected chi connectivity index (χ1v) is 7.28. The number of allylic oxidation sites excluding steroid dienone is 2. The molecule has 0 rings (SSSR count). The molecule has 0 aromatic rings. The van der Waals surface area contributed by atoms with Crippen LogP contribution >= 0.6 is 0 Å². The normalized spacial score (nSPS) is 12.9. The lowest BCUT2D eigenvalue weighted by Gasteiger charge is -2.10. The monoisotopic (exact) mass is 168 g/mol. The standard InChI is InChI=1S/C9H16OSi/c1-8(2)9(6-10)7-11(3,4)5/h6-7H,1H2,2-5H3/b9-7-. The fourth-order valence-electron chi connectivity index (χ4n) is 0.724. The third kappa shape index (κ3) is 4.73. The molecule has 0 N–H and O–H groups in total. The molecule has 0 bridgehead atoms. The molecule has 0 fully saturated rings. The predicted molar refractivity (Wildman–Crippen MR) is 52.3 cm³/mol.